The minimum absolute atomic E-state index is 0.507. The summed E-state index contributed by atoms with van der Waals surface area (Å²) < 4.78 is 21.9. The summed E-state index contributed by atoms with van der Waals surface area (Å²) in [4.78, 5) is 0. The zero-order chi connectivity index (χ0) is 5.70. The molecule has 0 fully saturated rings. The van der Waals surface area contributed by atoms with Crippen LogP contribution in [0.4, 0.5) is 8.78 Å². The third-order valence-corrected chi connectivity index (χ3v) is 0.283. The molecule has 0 aromatic heterocycles. The number of hydrogen-bond donors (Lipinski definition) is 0. The van der Waals surface area contributed by atoms with Crippen LogP contribution in [0.2, 0.25) is 0 Å². The van der Waals surface area contributed by atoms with Gasteiger partial charge in [-0.1, -0.05) is 11.8 Å². The molecule has 0 aliphatic heterocycles. The molecule has 1 radical (unpaired) electrons. The molecule has 2 heteroatoms. The minimum atomic E-state index is -1.78. The second kappa shape index (κ2) is 3.35. The van der Waals surface area contributed by atoms with Gasteiger partial charge < -0.3 is 0 Å². The Kier molecular flexibility index (Phi) is 2.95. The van der Waals surface area contributed by atoms with Crippen molar-refractivity contribution in [2.45, 2.75) is 0 Å². The second-order valence-corrected chi connectivity index (χ2v) is 0.755. The molecule has 0 bridgehead atoms. The Labute approximate surface area is 40.8 Å². The molecule has 37 valence electrons. The van der Waals surface area contributed by atoms with E-state index >= 15 is 0 Å². The van der Waals surface area contributed by atoms with Gasteiger partial charge in [0.2, 0.25) is 0 Å². The summed E-state index contributed by atoms with van der Waals surface area (Å²) in [6, 6.07) is 0. The monoisotopic (exact) mass is 101 g/mol. The smallest absolute Gasteiger partial charge is 0.173 e. The van der Waals surface area contributed by atoms with E-state index in [9.17, 15) is 8.78 Å². The predicted octanol–water partition coefficient (Wildman–Crippen LogP) is 1.60. The first-order valence-corrected chi connectivity index (χ1v) is 1.56. The van der Waals surface area contributed by atoms with Crippen LogP contribution in [0.5, 0.6) is 0 Å². The average Bonchev–Trinajstić information content (AvgIpc) is 1.61. The van der Waals surface area contributed by atoms with Crippen LogP contribution in [0, 0.1) is 18.8 Å². The normalized spacial score (nSPS) is 6.14. The molecule has 0 aliphatic carbocycles. The van der Waals surface area contributed by atoms with Crippen LogP contribution in [0.15, 0.2) is 12.2 Å². The van der Waals surface area contributed by atoms with E-state index in [4.69, 9.17) is 0 Å². The van der Waals surface area contributed by atoms with E-state index in [1.54, 1.807) is 0 Å². The SMILES string of the molecule is [CH2]C#CC=C(F)F. The van der Waals surface area contributed by atoms with Crippen LogP contribution in [0.3, 0.4) is 0 Å². The summed E-state index contributed by atoms with van der Waals surface area (Å²) >= 11 is 0. The lowest BCUT2D eigenvalue weighted by molar-refractivity contribution is 0.422. The standard InChI is InChI=1S/C5H3F2/c1-2-3-4-5(6)7/h4H,1H2. The quantitative estimate of drug-likeness (QED) is 0.406. The van der Waals surface area contributed by atoms with Gasteiger partial charge in [0.15, 0.2) is 0 Å². The van der Waals surface area contributed by atoms with Crippen molar-refractivity contribution in [1.29, 1.82) is 0 Å². The molecule has 0 aromatic rings. The maximum Gasteiger partial charge on any atom is 0.278 e. The van der Waals surface area contributed by atoms with Crippen LogP contribution in [0.1, 0.15) is 0 Å². The van der Waals surface area contributed by atoms with Gasteiger partial charge in [-0.2, -0.15) is 8.78 Å². The number of halogens is 2. The highest BCUT2D eigenvalue weighted by atomic mass is 19.3. The van der Waals surface area contributed by atoms with Gasteiger partial charge in [-0.25, -0.2) is 0 Å². The Morgan fingerprint density at radius 1 is 1.57 bits per heavy atom. The maximum absolute atomic E-state index is 11.0. The summed E-state index contributed by atoms with van der Waals surface area (Å²) in [6.07, 6.45) is -1.27. The average molecular weight is 101 g/mol. The summed E-state index contributed by atoms with van der Waals surface area (Å²) in [5, 5.41) is 0. The van der Waals surface area contributed by atoms with Crippen molar-refractivity contribution in [2.75, 3.05) is 0 Å². The van der Waals surface area contributed by atoms with Crippen LogP contribution < -0.4 is 0 Å². The lowest BCUT2D eigenvalue weighted by Crippen LogP contribution is -1.51. The van der Waals surface area contributed by atoms with Gasteiger partial charge in [-0.15, -0.1) is 0 Å². The molecule has 7 heavy (non-hydrogen) atoms. The third kappa shape index (κ3) is 5.16. The molecule has 0 atom stereocenters. The van der Waals surface area contributed by atoms with E-state index in [2.05, 4.69) is 6.92 Å². The largest absolute Gasteiger partial charge is 0.278 e. The van der Waals surface area contributed by atoms with Crippen molar-refractivity contribution >= 4 is 0 Å². The topological polar surface area (TPSA) is 0 Å². The fourth-order valence-electron chi connectivity index (χ4n) is 0.106. The molecule has 0 saturated heterocycles. The highest BCUT2D eigenvalue weighted by Crippen LogP contribution is 1.92. The molecule has 0 spiro atoms. The molecule has 0 rings (SSSR count). The Morgan fingerprint density at radius 3 is 2.29 bits per heavy atom. The van der Waals surface area contributed by atoms with Gasteiger partial charge >= 0.3 is 0 Å². The van der Waals surface area contributed by atoms with Gasteiger partial charge in [0.05, 0.1) is 6.08 Å². The molecule has 0 amide bonds. The Balaban J connectivity index is 3.61. The fraction of sp³-hybridized carbons (Fsp3) is 0. The van der Waals surface area contributed by atoms with E-state index in [0.717, 1.165) is 0 Å². The molecule has 0 aliphatic rings. The maximum atomic E-state index is 11.0. The van der Waals surface area contributed by atoms with Gasteiger partial charge in [0, 0.05) is 6.92 Å². The van der Waals surface area contributed by atoms with Gasteiger partial charge in [0.25, 0.3) is 6.08 Å². The molecule has 0 aromatic carbocycles. The van der Waals surface area contributed by atoms with Crippen LogP contribution >= 0.6 is 0 Å². The van der Waals surface area contributed by atoms with Gasteiger partial charge in [0.1, 0.15) is 0 Å². The van der Waals surface area contributed by atoms with Gasteiger partial charge in [-0.3, -0.25) is 0 Å². The zero-order valence-corrected chi connectivity index (χ0v) is 3.54. The number of allylic oxidation sites excluding steroid dienone is 1. The number of rotatable bonds is 0. The second-order valence-electron chi connectivity index (χ2n) is 0.755. The van der Waals surface area contributed by atoms with Crippen molar-refractivity contribution < 1.29 is 8.78 Å². The highest BCUT2D eigenvalue weighted by molar-refractivity contribution is 5.16. The van der Waals surface area contributed by atoms with Crippen molar-refractivity contribution in [2.24, 2.45) is 0 Å². The van der Waals surface area contributed by atoms with Crippen molar-refractivity contribution in [1.82, 2.24) is 0 Å². The summed E-state index contributed by atoms with van der Waals surface area (Å²) in [7, 11) is 0. The Hall–Kier alpha value is -0.840. The molecule has 0 heterocycles. The lowest BCUT2D eigenvalue weighted by atomic mass is 10.6. The van der Waals surface area contributed by atoms with Crippen LogP contribution in [-0.4, -0.2) is 0 Å². The Bertz CT molecular complexity index is 121. The van der Waals surface area contributed by atoms with E-state index in [1.165, 1.54) is 0 Å². The predicted molar refractivity (Wildman–Crippen MR) is 23.4 cm³/mol. The first-order valence-electron chi connectivity index (χ1n) is 1.56. The van der Waals surface area contributed by atoms with Crippen LogP contribution in [0.25, 0.3) is 0 Å². The van der Waals surface area contributed by atoms with Gasteiger partial charge in [-0.05, 0) is 0 Å². The third-order valence-electron chi connectivity index (χ3n) is 0.283. The van der Waals surface area contributed by atoms with Crippen LogP contribution in [-0.2, 0) is 0 Å². The summed E-state index contributed by atoms with van der Waals surface area (Å²) in [5.41, 5.74) is 0. The summed E-state index contributed by atoms with van der Waals surface area (Å²) in [5.74, 6) is 4.02. The fourth-order valence-corrected chi connectivity index (χ4v) is 0.106. The minimum Gasteiger partial charge on any atom is -0.173 e. The molecule has 0 unspecified atom stereocenters. The lowest BCUT2D eigenvalue weighted by Gasteiger charge is -1.64. The molecular weight excluding hydrogens is 98.1 g/mol. The molecule has 0 saturated carbocycles. The highest BCUT2D eigenvalue weighted by Gasteiger charge is 1.77. The van der Waals surface area contributed by atoms with E-state index in [0.29, 0.717) is 6.08 Å². The van der Waals surface area contributed by atoms with Crippen molar-refractivity contribution in [3.63, 3.8) is 0 Å². The molecule has 0 N–H and O–H groups in total. The first kappa shape index (κ1) is 6.16. The first-order chi connectivity index (χ1) is 3.27. The molecular formula is C5H3F2. The summed E-state index contributed by atoms with van der Waals surface area (Å²) in [6.45, 7) is 3.02. The Morgan fingerprint density at radius 2 is 2.14 bits per heavy atom. The van der Waals surface area contributed by atoms with E-state index in [1.807, 2.05) is 11.8 Å². The van der Waals surface area contributed by atoms with Crippen molar-refractivity contribution in [3.05, 3.63) is 19.1 Å². The number of hydrogen-bond acceptors (Lipinski definition) is 0. The van der Waals surface area contributed by atoms with Crippen molar-refractivity contribution in [3.8, 4) is 11.8 Å². The van der Waals surface area contributed by atoms with E-state index < -0.39 is 6.08 Å². The van der Waals surface area contributed by atoms with E-state index in [-0.39, 0.29) is 0 Å². The molecule has 0 nitrogen and oxygen atoms in total. The zero-order valence-electron chi connectivity index (χ0n) is 3.54.